The van der Waals surface area contributed by atoms with E-state index in [9.17, 15) is 19.8 Å². The van der Waals surface area contributed by atoms with Crippen molar-refractivity contribution in [1.29, 1.82) is 0 Å². The van der Waals surface area contributed by atoms with Crippen molar-refractivity contribution < 1.29 is 21.4 Å². The lowest BCUT2D eigenvalue weighted by atomic mass is 10.0. The zero-order chi connectivity index (χ0) is 13.4. The lowest BCUT2D eigenvalue weighted by Gasteiger charge is -2.13. The van der Waals surface area contributed by atoms with E-state index in [-0.39, 0.29) is 5.56 Å². The molecule has 2 heterocycles. The van der Waals surface area contributed by atoms with Crippen LogP contribution in [0.15, 0.2) is 15.8 Å². The summed E-state index contributed by atoms with van der Waals surface area (Å²) < 4.78 is 12.1. The SMILES string of the molecule is [2H]C(O)[C@H]1O[C@@H](c2c[nH]c(=O)[nH]c2=O)[C@H](O)[C@@H]1O. The van der Waals surface area contributed by atoms with Crippen LogP contribution in [0.1, 0.15) is 13.0 Å². The fourth-order valence-corrected chi connectivity index (χ4v) is 1.72. The van der Waals surface area contributed by atoms with Gasteiger partial charge in [-0.3, -0.25) is 9.78 Å². The van der Waals surface area contributed by atoms with Gasteiger partial charge in [-0.25, -0.2) is 4.79 Å². The first-order chi connectivity index (χ1) is 8.41. The third-order valence-corrected chi connectivity index (χ3v) is 2.60. The first-order valence-electron chi connectivity index (χ1n) is 5.43. The molecule has 0 bridgehead atoms. The predicted molar refractivity (Wildman–Crippen MR) is 54.4 cm³/mol. The molecule has 0 aliphatic carbocycles. The second kappa shape index (κ2) is 4.41. The molecule has 1 unspecified atom stereocenters. The lowest BCUT2D eigenvalue weighted by molar-refractivity contribution is -0.0232. The van der Waals surface area contributed by atoms with Crippen LogP contribution in [0, 0.1) is 0 Å². The minimum Gasteiger partial charge on any atom is -0.394 e. The molecule has 1 aliphatic rings. The first kappa shape index (κ1) is 10.7. The molecule has 1 aromatic rings. The Morgan fingerprint density at radius 3 is 2.65 bits per heavy atom. The van der Waals surface area contributed by atoms with Crippen LogP contribution < -0.4 is 11.2 Å². The number of aromatic amines is 2. The van der Waals surface area contributed by atoms with E-state index in [0.29, 0.717) is 0 Å². The van der Waals surface area contributed by atoms with Crippen LogP contribution in [0.3, 0.4) is 0 Å². The molecule has 5 N–H and O–H groups in total. The largest absolute Gasteiger partial charge is 0.394 e. The third-order valence-electron chi connectivity index (χ3n) is 2.60. The van der Waals surface area contributed by atoms with Gasteiger partial charge in [0.2, 0.25) is 0 Å². The van der Waals surface area contributed by atoms with Crippen molar-refractivity contribution in [2.75, 3.05) is 6.58 Å². The normalized spacial score (nSPS) is 35.6. The summed E-state index contributed by atoms with van der Waals surface area (Å²) in [6.07, 6.45) is -4.45. The van der Waals surface area contributed by atoms with E-state index in [1.54, 1.807) is 0 Å². The van der Waals surface area contributed by atoms with Crippen LogP contribution in [0.2, 0.25) is 0 Å². The number of aliphatic hydroxyl groups excluding tert-OH is 3. The summed E-state index contributed by atoms with van der Waals surface area (Å²) in [4.78, 5) is 26.5. The quantitative estimate of drug-likeness (QED) is 0.382. The number of aliphatic hydroxyl groups is 3. The minimum absolute atomic E-state index is 0.0932. The molecule has 2 rings (SSSR count). The van der Waals surface area contributed by atoms with Gasteiger partial charge in [-0.15, -0.1) is 0 Å². The molecule has 0 spiro atoms. The fourth-order valence-electron chi connectivity index (χ4n) is 1.72. The molecule has 5 atom stereocenters. The number of H-pyrrole nitrogens is 2. The maximum Gasteiger partial charge on any atom is 0.325 e. The standard InChI is InChI=1S/C9H12N2O6/c12-2-4-5(13)6(14)7(17-4)3-1-10-9(16)11-8(3)15/h1,4-7,12-14H,2H2,(H2,10,11,15,16)/t4-,5-,6-,7+/m1/s1/i2D/t2?,4-,5-,6-,7+. The molecule has 8 nitrogen and oxygen atoms in total. The van der Waals surface area contributed by atoms with Crippen molar-refractivity contribution in [3.63, 3.8) is 0 Å². The van der Waals surface area contributed by atoms with E-state index in [1.807, 2.05) is 4.98 Å². The van der Waals surface area contributed by atoms with Gasteiger partial charge in [0.25, 0.3) is 5.56 Å². The summed E-state index contributed by atoms with van der Waals surface area (Å²) in [6.45, 7) is -1.75. The number of hydrogen-bond acceptors (Lipinski definition) is 6. The lowest BCUT2D eigenvalue weighted by Crippen LogP contribution is -2.34. The highest BCUT2D eigenvalue weighted by Gasteiger charge is 2.44. The van der Waals surface area contributed by atoms with Gasteiger partial charge in [0.15, 0.2) is 0 Å². The van der Waals surface area contributed by atoms with E-state index in [0.717, 1.165) is 6.20 Å². The number of ether oxygens (including phenoxy) is 1. The highest BCUT2D eigenvalue weighted by atomic mass is 16.6. The van der Waals surface area contributed by atoms with E-state index >= 15 is 0 Å². The van der Waals surface area contributed by atoms with Crippen molar-refractivity contribution >= 4 is 0 Å². The Bertz CT molecular complexity index is 540. The molecule has 17 heavy (non-hydrogen) atoms. The smallest absolute Gasteiger partial charge is 0.325 e. The number of rotatable bonds is 2. The fraction of sp³-hybridized carbons (Fsp3) is 0.556. The van der Waals surface area contributed by atoms with Crippen molar-refractivity contribution in [1.82, 2.24) is 9.97 Å². The van der Waals surface area contributed by atoms with Crippen LogP contribution in [-0.2, 0) is 4.74 Å². The summed E-state index contributed by atoms with van der Waals surface area (Å²) in [5.74, 6) is 0. The summed E-state index contributed by atoms with van der Waals surface area (Å²) in [6, 6.07) is 0. The predicted octanol–water partition coefficient (Wildman–Crippen LogP) is -2.78. The molecule has 1 aliphatic heterocycles. The molecular formula is C9H12N2O6. The second-order valence-corrected chi connectivity index (χ2v) is 3.68. The van der Waals surface area contributed by atoms with Gasteiger partial charge in [0.1, 0.15) is 24.4 Å². The molecule has 1 aromatic heterocycles. The maximum absolute atomic E-state index is 11.5. The number of aromatic nitrogens is 2. The Balaban J connectivity index is 2.35. The molecule has 1 saturated heterocycles. The van der Waals surface area contributed by atoms with Crippen molar-refractivity contribution in [2.24, 2.45) is 0 Å². The van der Waals surface area contributed by atoms with Crippen LogP contribution in [0.5, 0.6) is 0 Å². The van der Waals surface area contributed by atoms with Crippen LogP contribution in [0.4, 0.5) is 0 Å². The molecule has 1 fully saturated rings. The molecule has 0 saturated carbocycles. The molecule has 0 amide bonds. The van der Waals surface area contributed by atoms with Gasteiger partial charge < -0.3 is 25.0 Å². The van der Waals surface area contributed by atoms with E-state index in [1.165, 1.54) is 0 Å². The number of nitrogens with one attached hydrogen (secondary N) is 2. The zero-order valence-electron chi connectivity index (χ0n) is 9.53. The Labute approximate surface area is 95.9 Å². The van der Waals surface area contributed by atoms with E-state index in [2.05, 4.69) is 4.98 Å². The van der Waals surface area contributed by atoms with Crippen LogP contribution >= 0.6 is 0 Å². The van der Waals surface area contributed by atoms with Crippen molar-refractivity contribution in [3.8, 4) is 0 Å². The van der Waals surface area contributed by atoms with Crippen LogP contribution in [0.25, 0.3) is 0 Å². The van der Waals surface area contributed by atoms with Crippen molar-refractivity contribution in [3.05, 3.63) is 32.6 Å². The summed E-state index contributed by atoms with van der Waals surface area (Å²) >= 11 is 0. The minimum atomic E-state index is -1.75. The van der Waals surface area contributed by atoms with E-state index < -0.39 is 42.2 Å². The van der Waals surface area contributed by atoms with Crippen molar-refractivity contribution in [2.45, 2.75) is 24.4 Å². The summed E-state index contributed by atoms with van der Waals surface area (Å²) in [5.41, 5.74) is -1.58. The highest BCUT2D eigenvalue weighted by molar-refractivity contribution is 5.13. The summed E-state index contributed by atoms with van der Waals surface area (Å²) in [5, 5.41) is 28.3. The van der Waals surface area contributed by atoms with Gasteiger partial charge in [0.05, 0.1) is 13.5 Å². The van der Waals surface area contributed by atoms with Gasteiger partial charge in [-0.1, -0.05) is 0 Å². The average molecular weight is 245 g/mol. The van der Waals surface area contributed by atoms with Gasteiger partial charge in [0, 0.05) is 6.20 Å². The molecule has 8 heteroatoms. The molecule has 0 aromatic carbocycles. The monoisotopic (exact) mass is 245 g/mol. The molecule has 0 radical (unpaired) electrons. The Morgan fingerprint density at radius 2 is 2.12 bits per heavy atom. The molecule has 94 valence electrons. The van der Waals surface area contributed by atoms with Crippen LogP contribution in [-0.4, -0.2) is 50.2 Å². The maximum atomic E-state index is 11.5. The third kappa shape index (κ3) is 2.03. The average Bonchev–Trinajstić information content (AvgIpc) is 2.57. The number of hydrogen-bond donors (Lipinski definition) is 5. The van der Waals surface area contributed by atoms with Gasteiger partial charge in [-0.2, -0.15) is 0 Å². The van der Waals surface area contributed by atoms with Gasteiger partial charge in [-0.05, 0) is 0 Å². The second-order valence-electron chi connectivity index (χ2n) is 3.68. The Morgan fingerprint density at radius 1 is 1.41 bits per heavy atom. The topological polar surface area (TPSA) is 136 Å². The summed E-state index contributed by atoms with van der Waals surface area (Å²) in [7, 11) is 0. The zero-order valence-corrected chi connectivity index (χ0v) is 8.53. The Hall–Kier alpha value is -1.48. The Kier molecular flexibility index (Phi) is 2.77. The first-order valence-corrected chi connectivity index (χ1v) is 4.85. The van der Waals surface area contributed by atoms with Gasteiger partial charge >= 0.3 is 5.69 Å². The molecular weight excluding hydrogens is 232 g/mol. The highest BCUT2D eigenvalue weighted by Crippen LogP contribution is 2.31. The van der Waals surface area contributed by atoms with E-state index in [4.69, 9.17) is 11.2 Å².